The molecular formula is C19H11ClN2O5S. The molecule has 0 fully saturated rings. The number of carbonyl (C=O) groups excluding carboxylic acids is 1. The first-order chi connectivity index (χ1) is 13.5. The number of carbonyl (C=O) groups is 1. The maximum Gasteiger partial charge on any atom is 0.310 e. The van der Waals surface area contributed by atoms with Gasteiger partial charge in [-0.05, 0) is 17.7 Å². The van der Waals surface area contributed by atoms with Crippen LogP contribution in [0.4, 0.5) is 0 Å². The molecule has 1 amide bonds. The molecule has 2 aliphatic heterocycles. The number of amides is 1. The van der Waals surface area contributed by atoms with Crippen LogP contribution < -0.4 is 24.9 Å². The van der Waals surface area contributed by atoms with Gasteiger partial charge in [-0.15, -0.1) is 0 Å². The molecule has 2 aliphatic rings. The Morgan fingerprint density at radius 3 is 2.75 bits per heavy atom. The van der Waals surface area contributed by atoms with Crippen molar-refractivity contribution in [3.63, 3.8) is 0 Å². The Morgan fingerprint density at radius 1 is 1.18 bits per heavy atom. The summed E-state index contributed by atoms with van der Waals surface area (Å²) >= 11 is 7.08. The Balaban J connectivity index is 1.62. The Bertz CT molecular complexity index is 1340. The van der Waals surface area contributed by atoms with Crippen molar-refractivity contribution in [3.8, 4) is 17.4 Å². The molecule has 1 N–H and O–H groups in total. The lowest BCUT2D eigenvalue weighted by atomic mass is 10.1. The first-order valence-corrected chi connectivity index (χ1v) is 9.46. The fraction of sp³-hybridized carbons (Fsp3) is 0.105. The van der Waals surface area contributed by atoms with E-state index in [2.05, 4.69) is 4.99 Å². The van der Waals surface area contributed by atoms with Gasteiger partial charge in [0.15, 0.2) is 11.5 Å². The lowest BCUT2D eigenvalue weighted by molar-refractivity contribution is -0.112. The zero-order valence-electron chi connectivity index (χ0n) is 14.1. The Labute approximate surface area is 166 Å². The summed E-state index contributed by atoms with van der Waals surface area (Å²) < 4.78 is 11.8. The molecule has 0 unspecified atom stereocenters. The van der Waals surface area contributed by atoms with E-state index in [1.165, 1.54) is 4.57 Å². The minimum absolute atomic E-state index is 0.0247. The SMILES string of the molecule is O=C1N=c2ccccc2=C1c1sc(=O)n(Cc2cc3c(cc2Cl)OCO3)c1O. The average molecular weight is 415 g/mol. The monoisotopic (exact) mass is 414 g/mol. The van der Waals surface area contributed by atoms with E-state index in [1.54, 1.807) is 36.4 Å². The summed E-state index contributed by atoms with van der Waals surface area (Å²) in [7, 11) is 0. The number of fused-ring (bicyclic) bond motifs is 2. The van der Waals surface area contributed by atoms with Gasteiger partial charge >= 0.3 is 4.87 Å². The number of thiazole rings is 1. The smallest absolute Gasteiger partial charge is 0.310 e. The lowest BCUT2D eigenvalue weighted by Gasteiger charge is -2.08. The van der Waals surface area contributed by atoms with Crippen molar-refractivity contribution in [3.05, 3.63) is 72.1 Å². The van der Waals surface area contributed by atoms with E-state index >= 15 is 0 Å². The van der Waals surface area contributed by atoms with Crippen LogP contribution in [0.2, 0.25) is 5.02 Å². The van der Waals surface area contributed by atoms with E-state index in [0.717, 1.165) is 11.3 Å². The Hall–Kier alpha value is -3.10. The molecule has 1 aromatic heterocycles. The minimum atomic E-state index is -0.481. The number of para-hydroxylation sites is 1. The molecule has 7 nitrogen and oxygen atoms in total. The van der Waals surface area contributed by atoms with E-state index in [4.69, 9.17) is 21.1 Å². The van der Waals surface area contributed by atoms with Crippen LogP contribution in [0.3, 0.4) is 0 Å². The first kappa shape index (κ1) is 17.0. The van der Waals surface area contributed by atoms with Crippen molar-refractivity contribution in [2.24, 2.45) is 4.99 Å². The van der Waals surface area contributed by atoms with Gasteiger partial charge in [0.05, 0.1) is 17.5 Å². The zero-order valence-corrected chi connectivity index (χ0v) is 15.7. The van der Waals surface area contributed by atoms with Crippen LogP contribution in [-0.4, -0.2) is 22.4 Å². The second-order valence-electron chi connectivity index (χ2n) is 6.21. The summed E-state index contributed by atoms with van der Waals surface area (Å²) in [4.78, 5) is 28.7. The predicted molar refractivity (Wildman–Crippen MR) is 102 cm³/mol. The summed E-state index contributed by atoms with van der Waals surface area (Å²) in [6.45, 7) is 0.128. The average Bonchev–Trinajstić information content (AvgIpc) is 3.32. The third kappa shape index (κ3) is 2.53. The number of rotatable bonds is 3. The molecule has 3 heterocycles. The van der Waals surface area contributed by atoms with Gasteiger partial charge in [-0.25, -0.2) is 4.99 Å². The summed E-state index contributed by atoms with van der Waals surface area (Å²) in [5.41, 5.74) is 0.811. The molecule has 5 rings (SSSR count). The molecule has 0 aliphatic carbocycles. The highest BCUT2D eigenvalue weighted by Crippen LogP contribution is 2.37. The number of aromatic hydroxyl groups is 1. The number of halogens is 1. The van der Waals surface area contributed by atoms with Crippen molar-refractivity contribution in [1.82, 2.24) is 4.57 Å². The molecule has 0 radical (unpaired) electrons. The van der Waals surface area contributed by atoms with Crippen molar-refractivity contribution in [1.29, 1.82) is 0 Å². The molecule has 28 heavy (non-hydrogen) atoms. The number of nitrogens with zero attached hydrogens (tertiary/aromatic N) is 2. The highest BCUT2D eigenvalue weighted by atomic mass is 35.5. The molecule has 0 saturated carbocycles. The van der Waals surface area contributed by atoms with Crippen LogP contribution in [0, 0.1) is 0 Å². The molecule has 140 valence electrons. The normalized spacial score (nSPS) is 14.3. The second-order valence-corrected chi connectivity index (χ2v) is 7.58. The molecule has 9 heteroatoms. The standard InChI is InChI=1S/C19H11ClN2O5S/c20-11-6-14-13(26-8-27-14)5-9(11)7-22-18(24)16(28-19(22)25)15-10-3-1-2-4-12(10)21-17(15)23/h1-6,24H,7-8H2. The number of hydrogen-bond donors (Lipinski definition) is 1. The van der Waals surface area contributed by atoms with Gasteiger partial charge in [0, 0.05) is 16.3 Å². The van der Waals surface area contributed by atoms with E-state index < -0.39 is 10.8 Å². The molecule has 0 spiro atoms. The quantitative estimate of drug-likeness (QED) is 0.699. The van der Waals surface area contributed by atoms with Gasteiger partial charge < -0.3 is 14.6 Å². The Kier molecular flexibility index (Phi) is 3.78. The van der Waals surface area contributed by atoms with Gasteiger partial charge in [0.25, 0.3) is 5.91 Å². The van der Waals surface area contributed by atoms with Gasteiger partial charge in [0.2, 0.25) is 12.7 Å². The van der Waals surface area contributed by atoms with Gasteiger partial charge in [-0.3, -0.25) is 14.2 Å². The highest BCUT2D eigenvalue weighted by molar-refractivity contribution is 7.11. The first-order valence-electron chi connectivity index (χ1n) is 8.26. The summed E-state index contributed by atoms with van der Waals surface area (Å²) in [6.07, 6.45) is 0. The Morgan fingerprint density at radius 2 is 1.93 bits per heavy atom. The molecule has 0 saturated heterocycles. The van der Waals surface area contributed by atoms with Crippen molar-refractivity contribution in [2.75, 3.05) is 6.79 Å². The van der Waals surface area contributed by atoms with Gasteiger partial charge in [0.1, 0.15) is 4.88 Å². The zero-order chi connectivity index (χ0) is 19.4. The minimum Gasteiger partial charge on any atom is -0.493 e. The maximum atomic E-state index is 12.6. The van der Waals surface area contributed by atoms with E-state index in [-0.39, 0.29) is 29.7 Å². The third-order valence-corrected chi connectivity index (χ3v) is 5.91. The van der Waals surface area contributed by atoms with E-state index in [1.807, 2.05) is 0 Å². The van der Waals surface area contributed by atoms with Gasteiger partial charge in [-0.1, -0.05) is 41.1 Å². The van der Waals surface area contributed by atoms with Crippen LogP contribution in [-0.2, 0) is 11.3 Å². The molecular weight excluding hydrogens is 404 g/mol. The second kappa shape index (κ2) is 6.22. The number of aromatic nitrogens is 1. The van der Waals surface area contributed by atoms with Crippen LogP contribution in [0.15, 0.2) is 46.2 Å². The third-order valence-electron chi connectivity index (χ3n) is 4.57. The largest absolute Gasteiger partial charge is 0.493 e. The summed E-state index contributed by atoms with van der Waals surface area (Å²) in [6, 6.07) is 10.3. The van der Waals surface area contributed by atoms with Crippen LogP contribution in [0.1, 0.15) is 10.4 Å². The van der Waals surface area contributed by atoms with E-state index in [0.29, 0.717) is 32.7 Å². The number of ether oxygens (including phenoxy) is 2. The van der Waals surface area contributed by atoms with Crippen molar-refractivity contribution >= 4 is 34.4 Å². The lowest BCUT2D eigenvalue weighted by Crippen LogP contribution is -2.22. The van der Waals surface area contributed by atoms with Crippen molar-refractivity contribution in [2.45, 2.75) is 6.54 Å². The van der Waals surface area contributed by atoms with Crippen molar-refractivity contribution < 1.29 is 19.4 Å². The predicted octanol–water partition coefficient (Wildman–Crippen LogP) is 1.40. The molecule has 0 bridgehead atoms. The molecule has 2 aromatic carbocycles. The molecule has 0 atom stereocenters. The summed E-state index contributed by atoms with van der Waals surface area (Å²) in [5, 5.41) is 12.2. The van der Waals surface area contributed by atoms with Crippen LogP contribution in [0.5, 0.6) is 17.4 Å². The fourth-order valence-corrected chi connectivity index (χ4v) is 4.38. The van der Waals surface area contributed by atoms with Gasteiger partial charge in [-0.2, -0.15) is 0 Å². The molecule has 3 aromatic rings. The van der Waals surface area contributed by atoms with E-state index in [9.17, 15) is 14.7 Å². The highest BCUT2D eigenvalue weighted by Gasteiger charge is 2.26. The summed E-state index contributed by atoms with van der Waals surface area (Å²) in [5.74, 6) is 0.280. The van der Waals surface area contributed by atoms with Crippen LogP contribution >= 0.6 is 22.9 Å². The maximum absolute atomic E-state index is 12.6. The fourth-order valence-electron chi connectivity index (χ4n) is 3.23. The van der Waals surface area contributed by atoms with Crippen LogP contribution in [0.25, 0.3) is 5.57 Å². The topological polar surface area (TPSA) is 90.1 Å². The number of benzene rings is 2. The number of hydrogen-bond acceptors (Lipinski definition) is 6.